The fourth-order valence-corrected chi connectivity index (χ4v) is 4.08. The number of carbonyl (C=O) groups is 1. The molecule has 10 heteroatoms. The molecule has 0 spiro atoms. The maximum atomic E-state index is 13.6. The number of sulfone groups is 1. The Kier molecular flexibility index (Phi) is 5.77. The van der Waals surface area contributed by atoms with Gasteiger partial charge in [0.1, 0.15) is 5.82 Å². The molecule has 32 heavy (non-hydrogen) atoms. The highest BCUT2D eigenvalue weighted by Crippen LogP contribution is 2.27. The van der Waals surface area contributed by atoms with Gasteiger partial charge in [0.05, 0.1) is 28.5 Å². The molecule has 0 saturated carbocycles. The van der Waals surface area contributed by atoms with Crippen LogP contribution in [0.4, 0.5) is 10.1 Å². The van der Waals surface area contributed by atoms with E-state index >= 15 is 0 Å². The predicted octanol–water partition coefficient (Wildman–Crippen LogP) is 4.38. The smallest absolute Gasteiger partial charge is 0.258 e. The van der Waals surface area contributed by atoms with Crippen LogP contribution in [0.25, 0.3) is 16.8 Å². The van der Waals surface area contributed by atoms with Crippen molar-refractivity contribution in [1.82, 2.24) is 14.8 Å². The Morgan fingerprint density at radius 2 is 1.88 bits per heavy atom. The van der Waals surface area contributed by atoms with Crippen molar-refractivity contribution in [3.05, 3.63) is 89.7 Å². The summed E-state index contributed by atoms with van der Waals surface area (Å²) in [6, 6.07) is 12.6. The summed E-state index contributed by atoms with van der Waals surface area (Å²) in [6.07, 6.45) is 6.60. The van der Waals surface area contributed by atoms with E-state index in [1.54, 1.807) is 24.3 Å². The second-order valence-electron chi connectivity index (χ2n) is 6.98. The van der Waals surface area contributed by atoms with Crippen LogP contribution in [0.3, 0.4) is 0 Å². The molecule has 0 saturated heterocycles. The summed E-state index contributed by atoms with van der Waals surface area (Å²) in [7, 11) is -3.50. The molecule has 0 bridgehead atoms. The van der Waals surface area contributed by atoms with Gasteiger partial charge in [-0.1, -0.05) is 29.8 Å². The highest BCUT2D eigenvalue weighted by atomic mass is 35.5. The third kappa shape index (κ3) is 4.68. The van der Waals surface area contributed by atoms with Gasteiger partial charge in [0.25, 0.3) is 5.91 Å². The average molecular weight is 471 g/mol. The number of benzene rings is 2. The zero-order valence-electron chi connectivity index (χ0n) is 16.7. The Bertz CT molecular complexity index is 1440. The number of halogens is 2. The number of aromatic nitrogens is 3. The number of nitrogens with one attached hydrogen (secondary N) is 1. The Morgan fingerprint density at radius 1 is 1.09 bits per heavy atom. The van der Waals surface area contributed by atoms with Crippen molar-refractivity contribution in [3.63, 3.8) is 0 Å². The molecule has 1 N–H and O–H groups in total. The summed E-state index contributed by atoms with van der Waals surface area (Å²) in [5.41, 5.74) is 2.34. The van der Waals surface area contributed by atoms with E-state index in [4.69, 9.17) is 11.6 Å². The Morgan fingerprint density at radius 3 is 2.62 bits per heavy atom. The van der Waals surface area contributed by atoms with Gasteiger partial charge < -0.3 is 5.32 Å². The molecule has 4 rings (SSSR count). The van der Waals surface area contributed by atoms with E-state index in [1.807, 2.05) is 0 Å². The number of nitrogens with zero attached hydrogens (tertiary/aromatic N) is 3. The lowest BCUT2D eigenvalue weighted by Crippen LogP contribution is -2.12. The van der Waals surface area contributed by atoms with Crippen LogP contribution in [0.5, 0.6) is 0 Å². The van der Waals surface area contributed by atoms with Crippen LogP contribution in [-0.4, -0.2) is 35.3 Å². The van der Waals surface area contributed by atoms with Gasteiger partial charge in [-0.3, -0.25) is 9.78 Å². The number of rotatable bonds is 5. The van der Waals surface area contributed by atoms with Crippen molar-refractivity contribution in [2.24, 2.45) is 0 Å². The van der Waals surface area contributed by atoms with Crippen LogP contribution in [0.15, 0.2) is 78.2 Å². The summed E-state index contributed by atoms with van der Waals surface area (Å²) in [5, 5.41) is 7.06. The SMILES string of the molecule is CS(=O)(=O)c1cc(Cl)cc(NC(=O)c2cnn(-c3ccccc3-c3cncc(F)c3)c2)c1. The maximum Gasteiger partial charge on any atom is 0.258 e. The molecular weight excluding hydrogens is 455 g/mol. The molecule has 1 amide bonds. The van der Waals surface area contributed by atoms with Crippen molar-refractivity contribution in [3.8, 4) is 16.8 Å². The largest absolute Gasteiger partial charge is 0.322 e. The zero-order valence-corrected chi connectivity index (χ0v) is 18.2. The molecule has 0 atom stereocenters. The number of pyridine rings is 1. The molecule has 2 aromatic carbocycles. The predicted molar refractivity (Wildman–Crippen MR) is 119 cm³/mol. The van der Waals surface area contributed by atoms with Crippen molar-refractivity contribution < 1.29 is 17.6 Å². The second-order valence-corrected chi connectivity index (χ2v) is 9.44. The van der Waals surface area contributed by atoms with Crippen LogP contribution in [-0.2, 0) is 9.84 Å². The van der Waals surface area contributed by atoms with Gasteiger partial charge in [0, 0.05) is 40.5 Å². The Balaban J connectivity index is 1.63. The summed E-state index contributed by atoms with van der Waals surface area (Å²) < 4.78 is 38.8. The fraction of sp³-hybridized carbons (Fsp3) is 0.0455. The number of amides is 1. The van der Waals surface area contributed by atoms with Gasteiger partial charge >= 0.3 is 0 Å². The van der Waals surface area contributed by atoms with E-state index in [2.05, 4.69) is 15.4 Å². The maximum absolute atomic E-state index is 13.6. The zero-order chi connectivity index (χ0) is 22.9. The molecule has 2 aromatic heterocycles. The van der Waals surface area contributed by atoms with Crippen LogP contribution < -0.4 is 5.32 Å². The minimum Gasteiger partial charge on any atom is -0.322 e. The van der Waals surface area contributed by atoms with Gasteiger partial charge in [-0.2, -0.15) is 5.10 Å². The number of para-hydroxylation sites is 1. The molecule has 2 heterocycles. The molecule has 0 aliphatic heterocycles. The minimum absolute atomic E-state index is 0.00590. The Labute approximate surface area is 188 Å². The lowest BCUT2D eigenvalue weighted by molar-refractivity contribution is 0.102. The van der Waals surface area contributed by atoms with E-state index in [9.17, 15) is 17.6 Å². The number of carbonyl (C=O) groups excluding carboxylic acids is 1. The van der Waals surface area contributed by atoms with E-state index in [1.165, 1.54) is 47.5 Å². The molecule has 4 aromatic rings. The average Bonchev–Trinajstić information content (AvgIpc) is 3.23. The molecule has 0 unspecified atom stereocenters. The van der Waals surface area contributed by atoms with Crippen molar-refractivity contribution in [1.29, 1.82) is 0 Å². The van der Waals surface area contributed by atoms with Crippen LogP contribution in [0, 0.1) is 5.82 Å². The van der Waals surface area contributed by atoms with E-state index in [-0.39, 0.29) is 21.2 Å². The normalized spacial score (nSPS) is 11.3. The first-order chi connectivity index (χ1) is 15.2. The lowest BCUT2D eigenvalue weighted by atomic mass is 10.1. The summed E-state index contributed by atoms with van der Waals surface area (Å²) in [4.78, 5) is 16.6. The van der Waals surface area contributed by atoms with E-state index in [0.717, 1.165) is 12.5 Å². The van der Waals surface area contributed by atoms with Crippen LogP contribution >= 0.6 is 11.6 Å². The third-order valence-electron chi connectivity index (χ3n) is 4.57. The van der Waals surface area contributed by atoms with Gasteiger partial charge in [-0.05, 0) is 30.3 Å². The topological polar surface area (TPSA) is 94.0 Å². The highest BCUT2D eigenvalue weighted by Gasteiger charge is 2.15. The molecule has 0 radical (unpaired) electrons. The minimum atomic E-state index is -3.50. The lowest BCUT2D eigenvalue weighted by Gasteiger charge is -2.09. The summed E-state index contributed by atoms with van der Waals surface area (Å²) >= 11 is 5.99. The number of anilines is 1. The van der Waals surface area contributed by atoms with E-state index in [0.29, 0.717) is 16.8 Å². The van der Waals surface area contributed by atoms with Gasteiger partial charge in [-0.25, -0.2) is 17.5 Å². The quantitative estimate of drug-likeness (QED) is 0.467. The van der Waals surface area contributed by atoms with Crippen molar-refractivity contribution in [2.45, 2.75) is 4.90 Å². The van der Waals surface area contributed by atoms with Gasteiger partial charge in [0.15, 0.2) is 9.84 Å². The summed E-state index contributed by atoms with van der Waals surface area (Å²) in [6.45, 7) is 0. The van der Waals surface area contributed by atoms with E-state index < -0.39 is 21.6 Å². The second kappa shape index (κ2) is 8.52. The fourth-order valence-electron chi connectivity index (χ4n) is 3.10. The van der Waals surface area contributed by atoms with Crippen molar-refractivity contribution >= 4 is 33.0 Å². The molecular formula is C22H16ClFN4O3S. The third-order valence-corrected chi connectivity index (χ3v) is 5.88. The molecule has 0 aliphatic carbocycles. The molecule has 162 valence electrons. The monoisotopic (exact) mass is 470 g/mol. The first-order valence-electron chi connectivity index (χ1n) is 9.28. The molecule has 0 fully saturated rings. The Hall–Kier alpha value is -3.56. The molecule has 7 nitrogen and oxygen atoms in total. The van der Waals surface area contributed by atoms with Gasteiger partial charge in [-0.15, -0.1) is 0 Å². The van der Waals surface area contributed by atoms with Crippen LogP contribution in [0.2, 0.25) is 5.02 Å². The van der Waals surface area contributed by atoms with Gasteiger partial charge in [0.2, 0.25) is 0 Å². The van der Waals surface area contributed by atoms with Crippen LogP contribution in [0.1, 0.15) is 10.4 Å². The first-order valence-corrected chi connectivity index (χ1v) is 11.5. The summed E-state index contributed by atoms with van der Waals surface area (Å²) in [5.74, 6) is -0.962. The standard InChI is InChI=1S/C22H16ClFN4O3S/c1-32(30,31)19-8-16(23)7-18(9-19)27-22(29)15-11-26-28(13-15)21-5-3-2-4-20(21)14-6-17(24)12-25-10-14/h2-13H,1H3,(H,27,29). The number of hydrogen-bond acceptors (Lipinski definition) is 5. The van der Waals surface area contributed by atoms with Crippen molar-refractivity contribution in [2.75, 3.05) is 11.6 Å². The number of hydrogen-bond donors (Lipinski definition) is 1. The first kappa shape index (κ1) is 21.7. The highest BCUT2D eigenvalue weighted by molar-refractivity contribution is 7.90. The molecule has 0 aliphatic rings.